The lowest BCUT2D eigenvalue weighted by atomic mass is 10.2. The van der Waals surface area contributed by atoms with Gasteiger partial charge in [-0.05, 0) is 61.2 Å². The zero-order valence-electron chi connectivity index (χ0n) is 13.2. The molecule has 0 aliphatic heterocycles. The van der Waals surface area contributed by atoms with E-state index in [9.17, 15) is 4.79 Å². The number of hydrogen-bond acceptors (Lipinski definition) is 4. The number of H-pyrrole nitrogens is 1. The van der Waals surface area contributed by atoms with Gasteiger partial charge >= 0.3 is 0 Å². The molecule has 5 nitrogen and oxygen atoms in total. The largest absolute Gasteiger partial charge is 0.295 e. The molecule has 2 aromatic carbocycles. The van der Waals surface area contributed by atoms with Gasteiger partial charge in [0, 0.05) is 21.8 Å². The van der Waals surface area contributed by atoms with Crippen molar-refractivity contribution in [3.05, 3.63) is 75.2 Å². The number of nitrogens with zero attached hydrogens (tertiary/aromatic N) is 3. The molecular formula is C18H13ClN4OS. The van der Waals surface area contributed by atoms with E-state index in [1.54, 1.807) is 42.6 Å². The van der Waals surface area contributed by atoms with Crippen LogP contribution >= 0.6 is 23.4 Å². The normalized spacial score (nSPS) is 10.9. The molecule has 0 saturated carbocycles. The van der Waals surface area contributed by atoms with Crippen molar-refractivity contribution in [1.29, 1.82) is 5.26 Å². The van der Waals surface area contributed by atoms with Crippen LogP contribution in [0.15, 0.2) is 63.2 Å². The van der Waals surface area contributed by atoms with Crippen LogP contribution in [0.2, 0.25) is 5.02 Å². The summed E-state index contributed by atoms with van der Waals surface area (Å²) in [5.74, 6) is 0. The Morgan fingerprint density at radius 1 is 1.28 bits per heavy atom. The Morgan fingerprint density at radius 3 is 2.72 bits per heavy atom. The zero-order chi connectivity index (χ0) is 17.8. The lowest BCUT2D eigenvalue weighted by molar-refractivity contribution is 0.835. The summed E-state index contributed by atoms with van der Waals surface area (Å²) in [5, 5.41) is 14.3. The monoisotopic (exact) mass is 368 g/mol. The first-order chi connectivity index (χ1) is 12.1. The SMILES string of the molecule is Cc1[nH]n(-c2cccc(Cl)c2)c(=O)c1C=Nc1ccc(SC#N)cc1. The molecule has 1 N–H and O–H groups in total. The summed E-state index contributed by atoms with van der Waals surface area (Å²) in [4.78, 5) is 17.8. The van der Waals surface area contributed by atoms with E-state index in [0.29, 0.717) is 27.7 Å². The van der Waals surface area contributed by atoms with Crippen LogP contribution in [-0.4, -0.2) is 16.0 Å². The minimum Gasteiger partial charge on any atom is -0.295 e. The van der Waals surface area contributed by atoms with Gasteiger partial charge in [0.15, 0.2) is 0 Å². The Hall–Kier alpha value is -2.75. The van der Waals surface area contributed by atoms with Gasteiger partial charge in [-0.3, -0.25) is 14.9 Å². The number of aryl methyl sites for hydroxylation is 1. The number of halogens is 1. The van der Waals surface area contributed by atoms with Gasteiger partial charge in [-0.2, -0.15) is 5.26 Å². The summed E-state index contributed by atoms with van der Waals surface area (Å²) >= 11 is 7.08. The first-order valence-electron chi connectivity index (χ1n) is 7.36. The molecule has 124 valence electrons. The van der Waals surface area contributed by atoms with E-state index in [1.165, 1.54) is 4.68 Å². The molecule has 25 heavy (non-hydrogen) atoms. The Bertz CT molecular complexity index is 1030. The van der Waals surface area contributed by atoms with Gasteiger partial charge in [0.25, 0.3) is 5.56 Å². The van der Waals surface area contributed by atoms with E-state index in [0.717, 1.165) is 16.7 Å². The highest BCUT2D eigenvalue weighted by atomic mass is 35.5. The number of nitriles is 1. The van der Waals surface area contributed by atoms with Gasteiger partial charge in [-0.15, -0.1) is 0 Å². The molecule has 0 aliphatic carbocycles. The molecule has 1 aromatic heterocycles. The van der Waals surface area contributed by atoms with Crippen molar-refractivity contribution in [1.82, 2.24) is 9.78 Å². The second-order valence-corrected chi connectivity index (χ2v) is 6.51. The van der Waals surface area contributed by atoms with Crippen LogP contribution in [0.5, 0.6) is 0 Å². The van der Waals surface area contributed by atoms with E-state index in [1.807, 2.05) is 24.5 Å². The van der Waals surface area contributed by atoms with Crippen LogP contribution in [-0.2, 0) is 0 Å². The molecule has 0 spiro atoms. The fourth-order valence-corrected chi connectivity index (χ4v) is 2.86. The predicted molar refractivity (Wildman–Crippen MR) is 101 cm³/mol. The molecule has 3 rings (SSSR count). The molecule has 0 unspecified atom stereocenters. The third-order valence-electron chi connectivity index (χ3n) is 3.53. The van der Waals surface area contributed by atoms with E-state index in [2.05, 4.69) is 10.1 Å². The van der Waals surface area contributed by atoms with Crippen molar-refractivity contribution in [2.75, 3.05) is 0 Å². The van der Waals surface area contributed by atoms with Crippen LogP contribution < -0.4 is 5.56 Å². The number of thioether (sulfide) groups is 1. The maximum atomic E-state index is 12.6. The second-order valence-electron chi connectivity index (χ2n) is 5.22. The number of aromatic nitrogens is 2. The number of thiocyanates is 1. The highest BCUT2D eigenvalue weighted by Gasteiger charge is 2.10. The number of aliphatic imine (C=N–C) groups is 1. The zero-order valence-corrected chi connectivity index (χ0v) is 14.8. The van der Waals surface area contributed by atoms with Gasteiger partial charge < -0.3 is 0 Å². The Kier molecular flexibility index (Phi) is 5.08. The fourth-order valence-electron chi connectivity index (χ4n) is 2.30. The molecule has 0 saturated heterocycles. The highest BCUT2D eigenvalue weighted by molar-refractivity contribution is 8.03. The number of nitrogens with one attached hydrogen (secondary N) is 1. The minimum atomic E-state index is -0.194. The Balaban J connectivity index is 1.91. The molecule has 0 atom stereocenters. The average Bonchev–Trinajstić information content (AvgIpc) is 2.89. The molecular weight excluding hydrogens is 356 g/mol. The Labute approximate surface area is 153 Å². The van der Waals surface area contributed by atoms with E-state index in [-0.39, 0.29) is 5.56 Å². The van der Waals surface area contributed by atoms with E-state index >= 15 is 0 Å². The summed E-state index contributed by atoms with van der Waals surface area (Å²) in [6, 6.07) is 14.3. The topological polar surface area (TPSA) is 73.9 Å². The van der Waals surface area contributed by atoms with Crippen molar-refractivity contribution >= 4 is 35.3 Å². The maximum Gasteiger partial charge on any atom is 0.280 e. The first-order valence-corrected chi connectivity index (χ1v) is 8.55. The van der Waals surface area contributed by atoms with Crippen molar-refractivity contribution in [2.24, 2.45) is 4.99 Å². The summed E-state index contributed by atoms with van der Waals surface area (Å²) in [5.41, 5.74) is 2.37. The number of benzene rings is 2. The highest BCUT2D eigenvalue weighted by Crippen LogP contribution is 2.20. The molecule has 0 radical (unpaired) electrons. The molecule has 3 aromatic rings. The maximum absolute atomic E-state index is 12.6. The first kappa shape index (κ1) is 17.1. The molecule has 0 bridgehead atoms. The van der Waals surface area contributed by atoms with Gasteiger partial charge in [0.1, 0.15) is 5.40 Å². The van der Waals surface area contributed by atoms with Crippen molar-refractivity contribution in [3.63, 3.8) is 0 Å². The molecule has 7 heteroatoms. The number of hydrogen-bond donors (Lipinski definition) is 1. The molecule has 0 amide bonds. The summed E-state index contributed by atoms with van der Waals surface area (Å²) in [7, 11) is 0. The summed E-state index contributed by atoms with van der Waals surface area (Å²) in [6.07, 6.45) is 1.54. The van der Waals surface area contributed by atoms with Gasteiger partial charge in [-0.1, -0.05) is 17.7 Å². The van der Waals surface area contributed by atoms with Crippen LogP contribution in [0, 0.1) is 17.6 Å². The predicted octanol–water partition coefficient (Wildman–Crippen LogP) is 4.45. The smallest absolute Gasteiger partial charge is 0.280 e. The number of rotatable bonds is 4. The van der Waals surface area contributed by atoms with Gasteiger partial charge in [0.2, 0.25) is 0 Å². The fraction of sp³-hybridized carbons (Fsp3) is 0.0556. The minimum absolute atomic E-state index is 0.194. The van der Waals surface area contributed by atoms with Crippen LogP contribution in [0.3, 0.4) is 0 Å². The summed E-state index contributed by atoms with van der Waals surface area (Å²) < 4.78 is 1.44. The molecule has 1 heterocycles. The lowest BCUT2D eigenvalue weighted by Gasteiger charge is -2.01. The van der Waals surface area contributed by atoms with Crippen LogP contribution in [0.25, 0.3) is 5.69 Å². The van der Waals surface area contributed by atoms with Crippen molar-refractivity contribution in [3.8, 4) is 11.1 Å². The third kappa shape index (κ3) is 3.85. The van der Waals surface area contributed by atoms with Gasteiger partial charge in [-0.25, -0.2) is 4.68 Å². The van der Waals surface area contributed by atoms with E-state index < -0.39 is 0 Å². The van der Waals surface area contributed by atoms with Crippen molar-refractivity contribution in [2.45, 2.75) is 11.8 Å². The van der Waals surface area contributed by atoms with E-state index in [4.69, 9.17) is 16.9 Å². The molecule has 0 aliphatic rings. The van der Waals surface area contributed by atoms with Crippen LogP contribution in [0.4, 0.5) is 5.69 Å². The third-order valence-corrected chi connectivity index (χ3v) is 4.36. The van der Waals surface area contributed by atoms with Gasteiger partial charge in [0.05, 0.1) is 16.9 Å². The second kappa shape index (κ2) is 7.43. The quantitative estimate of drug-likeness (QED) is 0.420. The average molecular weight is 369 g/mol. The number of aromatic amines is 1. The molecule has 0 fully saturated rings. The van der Waals surface area contributed by atoms with Crippen LogP contribution in [0.1, 0.15) is 11.3 Å². The lowest BCUT2D eigenvalue weighted by Crippen LogP contribution is -2.17. The Morgan fingerprint density at radius 2 is 2.04 bits per heavy atom. The van der Waals surface area contributed by atoms with Crippen molar-refractivity contribution < 1.29 is 0 Å². The summed E-state index contributed by atoms with van der Waals surface area (Å²) in [6.45, 7) is 1.82. The standard InChI is InChI=1S/C18H13ClN4OS/c1-12-17(10-21-14-5-7-16(8-6-14)25-11-20)18(24)23(22-12)15-4-2-3-13(19)9-15/h2-10,22H,1H3.